The molecule has 6 heteroatoms. The minimum atomic E-state index is -0.327. The molecule has 0 atom stereocenters. The van der Waals surface area contributed by atoms with Gasteiger partial charge in [0.1, 0.15) is 5.58 Å². The number of amides is 2. The first kappa shape index (κ1) is 18.0. The fourth-order valence-corrected chi connectivity index (χ4v) is 2.90. The molecule has 1 heterocycles. The second-order valence-corrected chi connectivity index (χ2v) is 6.66. The van der Waals surface area contributed by atoms with Gasteiger partial charge in [-0.15, -0.1) is 0 Å². The van der Waals surface area contributed by atoms with Crippen molar-refractivity contribution >= 4 is 40.1 Å². The van der Waals surface area contributed by atoms with Crippen molar-refractivity contribution < 1.29 is 14.0 Å². The molecular formula is C20H19ClN2O3. The Kier molecular flexibility index (Phi) is 5.00. The summed E-state index contributed by atoms with van der Waals surface area (Å²) in [5.74, 6) is -0.0866. The van der Waals surface area contributed by atoms with Crippen molar-refractivity contribution in [1.29, 1.82) is 0 Å². The van der Waals surface area contributed by atoms with E-state index >= 15 is 0 Å². The van der Waals surface area contributed by atoms with E-state index in [0.717, 1.165) is 16.5 Å². The lowest BCUT2D eigenvalue weighted by Crippen LogP contribution is -2.23. The Hall–Kier alpha value is -2.79. The van der Waals surface area contributed by atoms with Gasteiger partial charge in [-0.05, 0) is 42.8 Å². The number of carbonyl (C=O) groups excluding carboxylic acids is 2. The summed E-state index contributed by atoms with van der Waals surface area (Å²) in [5, 5.41) is 4.26. The Morgan fingerprint density at radius 2 is 1.96 bits per heavy atom. The molecule has 3 aromatic rings. The molecule has 0 bridgehead atoms. The minimum absolute atomic E-state index is 0.0176. The van der Waals surface area contributed by atoms with Crippen molar-refractivity contribution in [2.24, 2.45) is 0 Å². The van der Waals surface area contributed by atoms with Crippen molar-refractivity contribution in [2.45, 2.75) is 20.4 Å². The Bertz CT molecular complexity index is 994. The van der Waals surface area contributed by atoms with Crippen LogP contribution in [0.3, 0.4) is 0 Å². The van der Waals surface area contributed by atoms with Crippen LogP contribution in [0, 0.1) is 6.92 Å². The van der Waals surface area contributed by atoms with E-state index in [1.807, 2.05) is 25.1 Å². The van der Waals surface area contributed by atoms with Crippen LogP contribution in [0.2, 0.25) is 5.02 Å². The van der Waals surface area contributed by atoms with Gasteiger partial charge >= 0.3 is 0 Å². The van der Waals surface area contributed by atoms with Crippen molar-refractivity contribution in [3.05, 3.63) is 64.4 Å². The third-order valence-electron chi connectivity index (χ3n) is 4.25. The highest BCUT2D eigenvalue weighted by Gasteiger charge is 2.18. The number of aryl methyl sites for hydroxylation is 1. The summed E-state index contributed by atoms with van der Waals surface area (Å²) in [5.41, 5.74) is 2.93. The number of carbonyl (C=O) groups is 2. The van der Waals surface area contributed by atoms with Crippen LogP contribution < -0.4 is 5.32 Å². The fraction of sp³-hybridized carbons (Fsp3) is 0.200. The lowest BCUT2D eigenvalue weighted by Gasteiger charge is -2.15. The average molecular weight is 371 g/mol. The zero-order valence-electron chi connectivity index (χ0n) is 14.8. The molecule has 0 aliphatic heterocycles. The maximum atomic E-state index is 12.6. The quantitative estimate of drug-likeness (QED) is 0.728. The number of furan rings is 1. The summed E-state index contributed by atoms with van der Waals surface area (Å²) in [6.45, 7) is 3.82. The SMILES string of the molecule is CC(=O)N(C)Cc1cccc(NC(=O)c2oc3ccc(Cl)cc3c2C)c1. The highest BCUT2D eigenvalue weighted by molar-refractivity contribution is 6.31. The first-order valence-corrected chi connectivity index (χ1v) is 8.53. The average Bonchev–Trinajstić information content (AvgIpc) is 2.91. The summed E-state index contributed by atoms with van der Waals surface area (Å²) in [4.78, 5) is 25.6. The zero-order valence-corrected chi connectivity index (χ0v) is 15.6. The van der Waals surface area contributed by atoms with E-state index in [2.05, 4.69) is 5.32 Å². The number of nitrogens with one attached hydrogen (secondary N) is 1. The van der Waals surface area contributed by atoms with E-state index in [4.69, 9.17) is 16.0 Å². The van der Waals surface area contributed by atoms with Gasteiger partial charge in [-0.2, -0.15) is 0 Å². The van der Waals surface area contributed by atoms with Gasteiger partial charge in [0.25, 0.3) is 5.91 Å². The number of rotatable bonds is 4. The molecule has 0 aliphatic carbocycles. The summed E-state index contributed by atoms with van der Waals surface area (Å²) < 4.78 is 5.69. The van der Waals surface area contributed by atoms with Crippen molar-refractivity contribution in [3.63, 3.8) is 0 Å². The molecule has 1 N–H and O–H groups in total. The standard InChI is InChI=1S/C20H19ClN2O3/c1-12-17-10-15(21)7-8-18(17)26-19(12)20(25)22-16-6-4-5-14(9-16)11-23(3)13(2)24/h4-10H,11H2,1-3H3,(H,22,25). The number of hydrogen-bond donors (Lipinski definition) is 1. The van der Waals surface area contributed by atoms with Crippen molar-refractivity contribution in [3.8, 4) is 0 Å². The normalized spacial score (nSPS) is 10.8. The lowest BCUT2D eigenvalue weighted by molar-refractivity contribution is -0.128. The highest BCUT2D eigenvalue weighted by atomic mass is 35.5. The van der Waals surface area contributed by atoms with Gasteiger partial charge in [0, 0.05) is 42.2 Å². The largest absolute Gasteiger partial charge is 0.451 e. The number of fused-ring (bicyclic) bond motifs is 1. The van der Waals surface area contributed by atoms with E-state index in [1.54, 1.807) is 36.2 Å². The molecule has 0 saturated carbocycles. The molecule has 26 heavy (non-hydrogen) atoms. The van der Waals surface area contributed by atoms with Crippen LogP contribution in [0.15, 0.2) is 46.9 Å². The maximum Gasteiger partial charge on any atom is 0.291 e. The minimum Gasteiger partial charge on any atom is -0.451 e. The first-order chi connectivity index (χ1) is 12.3. The predicted molar refractivity (Wildman–Crippen MR) is 103 cm³/mol. The fourth-order valence-electron chi connectivity index (χ4n) is 2.73. The molecule has 2 amide bonds. The van der Waals surface area contributed by atoms with Gasteiger partial charge in [0.2, 0.25) is 5.91 Å². The van der Waals surface area contributed by atoms with E-state index in [1.165, 1.54) is 6.92 Å². The van der Waals surface area contributed by atoms with Crippen LogP contribution in [0.25, 0.3) is 11.0 Å². The number of benzene rings is 2. The van der Waals surface area contributed by atoms with Crippen LogP contribution in [0.5, 0.6) is 0 Å². The van der Waals surface area contributed by atoms with Gasteiger partial charge in [-0.1, -0.05) is 23.7 Å². The second kappa shape index (κ2) is 7.22. The predicted octanol–water partition coefficient (Wildman–Crippen LogP) is 4.63. The molecule has 0 aliphatic rings. The van der Waals surface area contributed by atoms with Crippen LogP contribution in [0.1, 0.15) is 28.6 Å². The van der Waals surface area contributed by atoms with Gasteiger partial charge in [-0.3, -0.25) is 9.59 Å². The number of hydrogen-bond acceptors (Lipinski definition) is 3. The van der Waals surface area contributed by atoms with Gasteiger partial charge in [-0.25, -0.2) is 0 Å². The molecule has 0 radical (unpaired) electrons. The Balaban J connectivity index is 1.82. The third kappa shape index (κ3) is 3.73. The maximum absolute atomic E-state index is 12.6. The van der Waals surface area contributed by atoms with Gasteiger partial charge in [0.05, 0.1) is 0 Å². The van der Waals surface area contributed by atoms with Crippen molar-refractivity contribution in [1.82, 2.24) is 4.90 Å². The van der Waals surface area contributed by atoms with Gasteiger partial charge in [0.15, 0.2) is 5.76 Å². The Morgan fingerprint density at radius 3 is 2.69 bits per heavy atom. The zero-order chi connectivity index (χ0) is 18.8. The Labute approximate surface area is 156 Å². The molecule has 134 valence electrons. The van der Waals surface area contributed by atoms with E-state index in [0.29, 0.717) is 22.8 Å². The molecule has 3 rings (SSSR count). The highest BCUT2D eigenvalue weighted by Crippen LogP contribution is 2.28. The van der Waals surface area contributed by atoms with E-state index in [9.17, 15) is 9.59 Å². The number of halogens is 1. The first-order valence-electron chi connectivity index (χ1n) is 8.16. The molecular weight excluding hydrogens is 352 g/mol. The summed E-state index contributed by atoms with van der Waals surface area (Å²) in [7, 11) is 1.73. The summed E-state index contributed by atoms with van der Waals surface area (Å²) >= 11 is 6.02. The molecule has 0 spiro atoms. The van der Waals surface area contributed by atoms with Crippen LogP contribution in [-0.2, 0) is 11.3 Å². The summed E-state index contributed by atoms with van der Waals surface area (Å²) in [6.07, 6.45) is 0. The molecule has 1 aromatic heterocycles. The van der Waals surface area contributed by atoms with Gasteiger partial charge < -0.3 is 14.6 Å². The number of nitrogens with zero attached hydrogens (tertiary/aromatic N) is 1. The molecule has 5 nitrogen and oxygen atoms in total. The van der Waals surface area contributed by atoms with Crippen LogP contribution in [0.4, 0.5) is 5.69 Å². The molecule has 0 fully saturated rings. The lowest BCUT2D eigenvalue weighted by atomic mass is 10.1. The Morgan fingerprint density at radius 1 is 1.19 bits per heavy atom. The molecule has 0 saturated heterocycles. The smallest absolute Gasteiger partial charge is 0.291 e. The topological polar surface area (TPSA) is 62.6 Å². The number of anilines is 1. The van der Waals surface area contributed by atoms with Crippen LogP contribution >= 0.6 is 11.6 Å². The van der Waals surface area contributed by atoms with E-state index in [-0.39, 0.29) is 17.6 Å². The summed E-state index contributed by atoms with van der Waals surface area (Å²) in [6, 6.07) is 12.6. The second-order valence-electron chi connectivity index (χ2n) is 6.23. The van der Waals surface area contributed by atoms with E-state index < -0.39 is 0 Å². The monoisotopic (exact) mass is 370 g/mol. The molecule has 0 unspecified atom stereocenters. The van der Waals surface area contributed by atoms with Crippen LogP contribution in [-0.4, -0.2) is 23.8 Å². The molecule has 2 aromatic carbocycles. The third-order valence-corrected chi connectivity index (χ3v) is 4.48. The van der Waals surface area contributed by atoms with Crippen molar-refractivity contribution in [2.75, 3.05) is 12.4 Å².